The van der Waals surface area contributed by atoms with Crippen molar-refractivity contribution in [3.05, 3.63) is 34.5 Å². The minimum atomic E-state index is -3.49. The van der Waals surface area contributed by atoms with Gasteiger partial charge in [-0.3, -0.25) is 0 Å². The Hall–Kier alpha value is -2.43. The highest BCUT2D eigenvalue weighted by molar-refractivity contribution is 7.91. The van der Waals surface area contributed by atoms with Gasteiger partial charge in [-0.25, -0.2) is 18.8 Å². The van der Waals surface area contributed by atoms with E-state index < -0.39 is 15.9 Å². The van der Waals surface area contributed by atoms with Crippen LogP contribution >= 0.6 is 0 Å². The van der Waals surface area contributed by atoms with E-state index in [1.165, 1.54) is 17.3 Å². The van der Waals surface area contributed by atoms with Crippen LogP contribution in [0.15, 0.2) is 21.5 Å². The summed E-state index contributed by atoms with van der Waals surface area (Å²) in [5, 5.41) is 13.1. The molecule has 3 aliphatic rings. The fourth-order valence-corrected chi connectivity index (χ4v) is 6.00. The van der Waals surface area contributed by atoms with Crippen LogP contribution in [-0.2, 0) is 40.5 Å². The molecule has 166 valence electrons. The summed E-state index contributed by atoms with van der Waals surface area (Å²) < 4.78 is 29.6. The summed E-state index contributed by atoms with van der Waals surface area (Å²) in [6, 6.07) is 1.57. The lowest BCUT2D eigenvalue weighted by Gasteiger charge is -2.17. The summed E-state index contributed by atoms with van der Waals surface area (Å²) >= 11 is 0. The highest BCUT2D eigenvalue weighted by atomic mass is 32.2. The summed E-state index contributed by atoms with van der Waals surface area (Å²) in [6.45, 7) is 1.81. The molecule has 9 nitrogen and oxygen atoms in total. The first kappa shape index (κ1) is 20.5. The van der Waals surface area contributed by atoms with Crippen molar-refractivity contribution in [3.8, 4) is 5.88 Å². The Morgan fingerprint density at radius 3 is 3.10 bits per heavy atom. The zero-order valence-corrected chi connectivity index (χ0v) is 18.4. The van der Waals surface area contributed by atoms with Crippen molar-refractivity contribution in [1.82, 2.24) is 9.78 Å². The Bertz CT molecular complexity index is 1170. The van der Waals surface area contributed by atoms with Gasteiger partial charge in [0.25, 0.3) is 0 Å². The van der Waals surface area contributed by atoms with E-state index >= 15 is 0 Å². The maximum Gasteiger partial charge on any atom is 0.354 e. The van der Waals surface area contributed by atoms with Gasteiger partial charge < -0.3 is 14.8 Å². The molecule has 2 aliphatic carbocycles. The first-order valence-electron chi connectivity index (χ1n) is 10.7. The molecule has 5 rings (SSSR count). The highest BCUT2D eigenvalue weighted by Crippen LogP contribution is 2.43. The van der Waals surface area contributed by atoms with Crippen molar-refractivity contribution >= 4 is 21.6 Å². The van der Waals surface area contributed by atoms with E-state index in [0.717, 1.165) is 55.3 Å². The van der Waals surface area contributed by atoms with E-state index in [1.807, 2.05) is 0 Å². The number of urea groups is 1. The van der Waals surface area contributed by atoms with Crippen LogP contribution in [0.25, 0.3) is 0 Å². The zero-order valence-electron chi connectivity index (χ0n) is 17.6. The third-order valence-electron chi connectivity index (χ3n) is 6.37. The topological polar surface area (TPSA) is 121 Å². The lowest BCUT2D eigenvalue weighted by Crippen LogP contribution is -2.21. The molecule has 2 aromatic rings. The molecule has 0 spiro atoms. The van der Waals surface area contributed by atoms with Gasteiger partial charge in [-0.2, -0.15) is 5.10 Å². The third kappa shape index (κ3) is 3.62. The third-order valence-corrected chi connectivity index (χ3v) is 7.72. The number of fused-ring (bicyclic) bond motifs is 3. The van der Waals surface area contributed by atoms with E-state index in [-0.39, 0.29) is 4.90 Å². The molecule has 3 N–H and O–H groups in total. The molecule has 0 saturated carbocycles. The number of aromatic nitrogens is 2. The molecule has 0 bridgehead atoms. The molecular formula is C21H27N5O4S. The van der Waals surface area contributed by atoms with Crippen molar-refractivity contribution in [2.75, 3.05) is 25.6 Å². The van der Waals surface area contributed by atoms with Crippen LogP contribution in [0.2, 0.25) is 0 Å². The Morgan fingerprint density at radius 2 is 2.26 bits per heavy atom. The lowest BCUT2D eigenvalue weighted by molar-refractivity contribution is 0.179. The fraction of sp³-hybridized carbons (Fsp3) is 0.524. The molecule has 2 amide bonds. The van der Waals surface area contributed by atoms with Crippen LogP contribution in [0.3, 0.4) is 0 Å². The number of ether oxygens (including phenoxy) is 2. The Morgan fingerprint density at radius 1 is 1.39 bits per heavy atom. The molecule has 1 aromatic heterocycles. The normalized spacial score (nSPS) is 20.9. The van der Waals surface area contributed by atoms with Gasteiger partial charge in [0, 0.05) is 31.7 Å². The number of methoxy groups -OCH3 is 1. The van der Waals surface area contributed by atoms with Gasteiger partial charge >= 0.3 is 6.03 Å². The SMILES string of the molecule is COC[C@H]1CCc2c1cc1c(c2NC(=O)N=[S@@](N)(=O)c2cnn3c2OCCC3)CCC1. The van der Waals surface area contributed by atoms with Gasteiger partial charge in [-0.05, 0) is 54.4 Å². The number of hydrogen-bond acceptors (Lipinski definition) is 5. The molecule has 1 aliphatic heterocycles. The van der Waals surface area contributed by atoms with Crippen molar-refractivity contribution in [2.24, 2.45) is 9.50 Å². The van der Waals surface area contributed by atoms with E-state index in [4.69, 9.17) is 14.6 Å². The quantitative estimate of drug-likeness (QED) is 0.750. The van der Waals surface area contributed by atoms with Gasteiger partial charge in [0.1, 0.15) is 4.90 Å². The minimum absolute atomic E-state index is 0.158. The Labute approximate surface area is 181 Å². The summed E-state index contributed by atoms with van der Waals surface area (Å²) in [6.07, 6.45) is 7.01. The summed E-state index contributed by atoms with van der Waals surface area (Å²) in [5.74, 6) is 0.660. The standard InChI is InChI=1S/C21H27N5O4S/c1-29-12-14-6-7-16-17(14)10-13-4-2-5-15(13)19(16)24-21(27)25-31(22,28)18-11-23-26-8-3-9-30-20(18)26/h10-11,14H,2-9,12H2,1H3,(H3,22,24,25,27,28)/t14-,31-/m1/s1. The van der Waals surface area contributed by atoms with Crippen molar-refractivity contribution < 1.29 is 18.5 Å². The fourth-order valence-electron chi connectivity index (χ4n) is 4.99. The van der Waals surface area contributed by atoms with Crippen molar-refractivity contribution in [1.29, 1.82) is 0 Å². The number of carbonyl (C=O) groups excluding carboxylic acids is 1. The number of anilines is 1. The average Bonchev–Trinajstić information content (AvgIpc) is 3.46. The van der Waals surface area contributed by atoms with E-state index in [1.54, 1.807) is 11.8 Å². The summed E-state index contributed by atoms with van der Waals surface area (Å²) in [4.78, 5) is 13.0. The van der Waals surface area contributed by atoms with E-state index in [0.29, 0.717) is 31.6 Å². The Balaban J connectivity index is 1.48. The van der Waals surface area contributed by atoms with Crippen LogP contribution < -0.4 is 15.2 Å². The molecule has 2 heterocycles. The largest absolute Gasteiger partial charge is 0.477 e. The number of hydrogen-bond donors (Lipinski definition) is 2. The molecular weight excluding hydrogens is 418 g/mol. The highest BCUT2D eigenvalue weighted by Gasteiger charge is 2.31. The molecule has 1 aromatic carbocycles. The molecule has 0 radical (unpaired) electrons. The van der Waals surface area contributed by atoms with Crippen molar-refractivity contribution in [3.63, 3.8) is 0 Å². The predicted octanol–water partition coefficient (Wildman–Crippen LogP) is 2.76. The number of benzene rings is 1. The smallest absolute Gasteiger partial charge is 0.354 e. The second-order valence-electron chi connectivity index (χ2n) is 8.33. The monoisotopic (exact) mass is 445 g/mol. The summed E-state index contributed by atoms with van der Waals surface area (Å²) in [7, 11) is -1.78. The molecule has 0 saturated heterocycles. The lowest BCUT2D eigenvalue weighted by atomic mass is 9.95. The first-order chi connectivity index (χ1) is 15.0. The van der Waals surface area contributed by atoms with E-state index in [2.05, 4.69) is 20.8 Å². The maximum atomic E-state index is 13.1. The first-order valence-corrected chi connectivity index (χ1v) is 12.3. The number of nitrogens with one attached hydrogen (secondary N) is 1. The molecule has 2 atom stereocenters. The van der Waals surface area contributed by atoms with Gasteiger partial charge in [-0.15, -0.1) is 4.36 Å². The number of aryl methyl sites for hydroxylation is 2. The molecule has 0 fully saturated rings. The summed E-state index contributed by atoms with van der Waals surface area (Å²) in [5.41, 5.74) is 5.63. The second-order valence-corrected chi connectivity index (χ2v) is 10.1. The average molecular weight is 446 g/mol. The zero-order chi connectivity index (χ0) is 21.6. The number of nitrogens with zero attached hydrogens (tertiary/aromatic N) is 3. The van der Waals surface area contributed by atoms with Crippen molar-refractivity contribution in [2.45, 2.75) is 55.9 Å². The number of nitrogens with two attached hydrogens (primary N) is 1. The van der Waals surface area contributed by atoms with Crippen LogP contribution in [0.5, 0.6) is 5.88 Å². The van der Waals surface area contributed by atoms with E-state index in [9.17, 15) is 9.00 Å². The van der Waals surface area contributed by atoms with Crippen LogP contribution in [-0.4, -0.2) is 40.3 Å². The van der Waals surface area contributed by atoms with Crippen LogP contribution in [0.4, 0.5) is 10.5 Å². The number of carbonyl (C=O) groups is 1. The van der Waals surface area contributed by atoms with Crippen LogP contribution in [0.1, 0.15) is 47.4 Å². The predicted molar refractivity (Wildman–Crippen MR) is 116 cm³/mol. The van der Waals surface area contributed by atoms with Crippen LogP contribution in [0, 0.1) is 0 Å². The number of amides is 2. The van der Waals surface area contributed by atoms with Gasteiger partial charge in [0.2, 0.25) is 5.88 Å². The molecule has 0 unspecified atom stereocenters. The molecule has 10 heteroatoms. The van der Waals surface area contributed by atoms with Gasteiger partial charge in [0.05, 0.1) is 19.4 Å². The van der Waals surface area contributed by atoms with Gasteiger partial charge in [-0.1, -0.05) is 6.07 Å². The maximum absolute atomic E-state index is 13.1. The Kier molecular flexibility index (Phi) is 5.23. The van der Waals surface area contributed by atoms with Gasteiger partial charge in [0.15, 0.2) is 9.92 Å². The molecule has 31 heavy (non-hydrogen) atoms. The number of rotatable bonds is 4. The minimum Gasteiger partial charge on any atom is -0.477 e. The second kappa shape index (κ2) is 7.92.